The van der Waals surface area contributed by atoms with Gasteiger partial charge in [-0.1, -0.05) is 48.9 Å². The van der Waals surface area contributed by atoms with Gasteiger partial charge < -0.3 is 0 Å². The second-order valence-corrected chi connectivity index (χ2v) is 8.71. The van der Waals surface area contributed by atoms with Gasteiger partial charge in [-0.15, -0.1) is 0 Å². The molecule has 1 aliphatic heterocycles. The predicted molar refractivity (Wildman–Crippen MR) is 115 cm³/mol. The number of Topliss-reactive ketones (excluding diaryl/α,β-unsaturated/α-hetero) is 1. The van der Waals surface area contributed by atoms with E-state index in [9.17, 15) is 19.2 Å². The van der Waals surface area contributed by atoms with Crippen LogP contribution in [0.3, 0.4) is 0 Å². The molecule has 0 bridgehead atoms. The van der Waals surface area contributed by atoms with Gasteiger partial charge in [0.05, 0.1) is 11.8 Å². The molecule has 1 saturated heterocycles. The van der Waals surface area contributed by atoms with Gasteiger partial charge in [0.1, 0.15) is 6.54 Å². The lowest BCUT2D eigenvalue weighted by Crippen LogP contribution is -2.52. The van der Waals surface area contributed by atoms with Crippen LogP contribution in [-0.4, -0.2) is 40.1 Å². The Morgan fingerprint density at radius 3 is 2.26 bits per heavy atom. The molecule has 3 amide bonds. The monoisotopic (exact) mass is 438 g/mol. The summed E-state index contributed by atoms with van der Waals surface area (Å²) in [7, 11) is 0. The number of halogens is 1. The van der Waals surface area contributed by atoms with Crippen molar-refractivity contribution in [2.75, 3.05) is 6.54 Å². The average Bonchev–Trinajstić information content (AvgIpc) is 3.02. The van der Waals surface area contributed by atoms with E-state index < -0.39 is 36.1 Å². The Hall–Kier alpha value is -2.99. The number of carbonyl (C=O) groups excluding carboxylic acids is 4. The van der Waals surface area contributed by atoms with E-state index in [0.717, 1.165) is 16.4 Å². The van der Waals surface area contributed by atoms with E-state index in [-0.39, 0.29) is 11.3 Å². The van der Waals surface area contributed by atoms with Crippen molar-refractivity contribution in [3.63, 3.8) is 0 Å². The van der Waals surface area contributed by atoms with Crippen LogP contribution in [0.5, 0.6) is 0 Å². The van der Waals surface area contributed by atoms with E-state index in [1.165, 1.54) is 12.1 Å². The summed E-state index contributed by atoms with van der Waals surface area (Å²) >= 11 is 5.93. The van der Waals surface area contributed by atoms with Crippen LogP contribution in [0.15, 0.2) is 54.6 Å². The highest BCUT2D eigenvalue weighted by atomic mass is 35.5. The smallest absolute Gasteiger partial charge is 0.273 e. The molecule has 2 aromatic carbocycles. The summed E-state index contributed by atoms with van der Waals surface area (Å²) in [6.07, 6.45) is 2.09. The maximum Gasteiger partial charge on any atom is 0.273 e. The molecule has 0 aromatic heterocycles. The van der Waals surface area contributed by atoms with Gasteiger partial charge in [0.25, 0.3) is 17.7 Å². The standard InChI is InChI=1S/C24H23ClN2O4/c1-15-7-12-19-20(13-15)24(31)27(23(19)30)26(14-21(28)16-5-3-2-4-6-16)22(29)17-8-10-18(25)11-9-17/h2-6,8-11,15,19-20H,7,12-14H2,1H3/t15-,19-,20-/m1/s1. The molecule has 2 aromatic rings. The first kappa shape index (κ1) is 21.2. The highest BCUT2D eigenvalue weighted by Gasteiger charge is 2.52. The Morgan fingerprint density at radius 1 is 0.935 bits per heavy atom. The summed E-state index contributed by atoms with van der Waals surface area (Å²) in [5, 5.41) is 2.38. The van der Waals surface area contributed by atoms with Crippen molar-refractivity contribution in [2.24, 2.45) is 17.8 Å². The lowest BCUT2D eigenvalue weighted by atomic mass is 9.76. The van der Waals surface area contributed by atoms with Crippen molar-refractivity contribution in [2.45, 2.75) is 26.2 Å². The second kappa shape index (κ2) is 8.63. The van der Waals surface area contributed by atoms with E-state index in [0.29, 0.717) is 29.3 Å². The van der Waals surface area contributed by atoms with E-state index in [2.05, 4.69) is 6.92 Å². The quantitative estimate of drug-likeness (QED) is 0.522. The Morgan fingerprint density at radius 2 is 1.58 bits per heavy atom. The van der Waals surface area contributed by atoms with Gasteiger partial charge in [-0.05, 0) is 49.4 Å². The molecule has 1 heterocycles. The summed E-state index contributed by atoms with van der Waals surface area (Å²) in [4.78, 5) is 52.7. The number of benzene rings is 2. The third-order valence-corrected chi connectivity index (χ3v) is 6.37. The highest BCUT2D eigenvalue weighted by molar-refractivity contribution is 6.30. The van der Waals surface area contributed by atoms with Crippen LogP contribution >= 0.6 is 11.6 Å². The molecular formula is C24H23ClN2O4. The molecule has 0 spiro atoms. The van der Waals surface area contributed by atoms with E-state index in [1.54, 1.807) is 42.5 Å². The van der Waals surface area contributed by atoms with Gasteiger partial charge in [-0.2, -0.15) is 5.01 Å². The lowest BCUT2D eigenvalue weighted by molar-refractivity contribution is -0.154. The number of rotatable bonds is 5. The van der Waals surface area contributed by atoms with E-state index >= 15 is 0 Å². The summed E-state index contributed by atoms with van der Waals surface area (Å²) in [6, 6.07) is 14.7. The van der Waals surface area contributed by atoms with Gasteiger partial charge in [0.2, 0.25) is 0 Å². The third kappa shape index (κ3) is 4.12. The van der Waals surface area contributed by atoms with Crippen LogP contribution in [0, 0.1) is 17.8 Å². The maximum absolute atomic E-state index is 13.4. The van der Waals surface area contributed by atoms with Gasteiger partial charge in [-0.3, -0.25) is 19.2 Å². The van der Waals surface area contributed by atoms with E-state index in [1.807, 2.05) is 0 Å². The van der Waals surface area contributed by atoms with E-state index in [4.69, 9.17) is 11.6 Å². The van der Waals surface area contributed by atoms with Crippen LogP contribution < -0.4 is 0 Å². The van der Waals surface area contributed by atoms with Crippen LogP contribution in [0.25, 0.3) is 0 Å². The van der Waals surface area contributed by atoms with Gasteiger partial charge in [-0.25, -0.2) is 5.01 Å². The van der Waals surface area contributed by atoms with Crippen LogP contribution in [0.2, 0.25) is 5.02 Å². The first-order chi connectivity index (χ1) is 14.9. The molecular weight excluding hydrogens is 416 g/mol. The lowest BCUT2D eigenvalue weighted by Gasteiger charge is -2.30. The predicted octanol–water partition coefficient (Wildman–Crippen LogP) is 4.00. The van der Waals surface area contributed by atoms with Crippen molar-refractivity contribution < 1.29 is 19.2 Å². The molecule has 7 heteroatoms. The molecule has 6 nitrogen and oxygen atoms in total. The topological polar surface area (TPSA) is 74.8 Å². The van der Waals surface area contributed by atoms with Crippen molar-refractivity contribution >= 4 is 35.1 Å². The largest absolute Gasteiger partial charge is 0.292 e. The fourth-order valence-electron chi connectivity index (χ4n) is 4.44. The number of nitrogens with zero attached hydrogens (tertiary/aromatic N) is 2. The Kier molecular flexibility index (Phi) is 5.92. The molecule has 2 fully saturated rings. The fraction of sp³-hybridized carbons (Fsp3) is 0.333. The number of hydrazine groups is 1. The molecule has 0 radical (unpaired) electrons. The third-order valence-electron chi connectivity index (χ3n) is 6.12. The van der Waals surface area contributed by atoms with Gasteiger partial charge >= 0.3 is 0 Å². The number of hydrogen-bond donors (Lipinski definition) is 0. The van der Waals surface area contributed by atoms with Crippen LogP contribution in [0.4, 0.5) is 0 Å². The molecule has 0 unspecified atom stereocenters. The number of hydrogen-bond acceptors (Lipinski definition) is 4. The zero-order valence-corrected chi connectivity index (χ0v) is 17.9. The Balaban J connectivity index is 1.68. The van der Waals surface area contributed by atoms with Crippen LogP contribution in [-0.2, 0) is 9.59 Å². The van der Waals surface area contributed by atoms with Crippen molar-refractivity contribution in [1.29, 1.82) is 0 Å². The summed E-state index contributed by atoms with van der Waals surface area (Å²) in [5.41, 5.74) is 0.649. The molecule has 4 rings (SSSR count). The molecule has 1 aliphatic carbocycles. The molecule has 2 aliphatic rings. The average molecular weight is 439 g/mol. The molecule has 1 saturated carbocycles. The zero-order valence-electron chi connectivity index (χ0n) is 17.2. The number of amides is 3. The summed E-state index contributed by atoms with van der Waals surface area (Å²) in [6.45, 7) is 1.66. The Bertz CT molecular complexity index is 1020. The normalized spacial score (nSPS) is 22.9. The minimum Gasteiger partial charge on any atom is -0.292 e. The summed E-state index contributed by atoms with van der Waals surface area (Å²) in [5.74, 6) is -2.28. The molecule has 160 valence electrons. The Labute approximate surface area is 185 Å². The molecule has 3 atom stereocenters. The van der Waals surface area contributed by atoms with Crippen molar-refractivity contribution in [3.05, 3.63) is 70.7 Å². The van der Waals surface area contributed by atoms with Gasteiger partial charge in [0.15, 0.2) is 5.78 Å². The minimum absolute atomic E-state index is 0.245. The number of ketones is 1. The zero-order chi connectivity index (χ0) is 22.1. The summed E-state index contributed by atoms with van der Waals surface area (Å²) < 4.78 is 0. The first-order valence-corrected chi connectivity index (χ1v) is 10.8. The first-order valence-electron chi connectivity index (χ1n) is 10.4. The molecule has 0 N–H and O–H groups in total. The maximum atomic E-state index is 13.4. The molecule has 31 heavy (non-hydrogen) atoms. The second-order valence-electron chi connectivity index (χ2n) is 8.28. The number of imide groups is 1. The number of carbonyl (C=O) groups is 4. The van der Waals surface area contributed by atoms with Crippen molar-refractivity contribution in [1.82, 2.24) is 10.0 Å². The fourth-order valence-corrected chi connectivity index (χ4v) is 4.56. The number of fused-ring (bicyclic) bond motifs is 1. The van der Waals surface area contributed by atoms with Gasteiger partial charge in [0, 0.05) is 16.1 Å². The van der Waals surface area contributed by atoms with Crippen molar-refractivity contribution in [3.8, 4) is 0 Å². The highest BCUT2D eigenvalue weighted by Crippen LogP contribution is 2.41. The minimum atomic E-state index is -0.589. The SMILES string of the molecule is C[C@@H]1CC[C@H]2C(=O)N(N(CC(=O)c3ccccc3)C(=O)c3ccc(Cl)cc3)C(=O)[C@@H]2C1. The van der Waals surface area contributed by atoms with Crippen LogP contribution in [0.1, 0.15) is 46.9 Å².